The second-order valence-corrected chi connectivity index (χ2v) is 5.23. The molecule has 1 aromatic rings. The van der Waals surface area contributed by atoms with Gasteiger partial charge < -0.3 is 11.1 Å². The Morgan fingerprint density at radius 1 is 1.41 bits per heavy atom. The first-order valence-electron chi connectivity index (χ1n) is 6.37. The molecule has 0 saturated carbocycles. The Hall–Kier alpha value is -1.06. The van der Waals surface area contributed by atoms with E-state index < -0.39 is 0 Å². The maximum Gasteiger partial charge on any atom is 0.0349 e. The maximum absolute atomic E-state index is 6.02. The van der Waals surface area contributed by atoms with Crippen molar-refractivity contribution in [2.45, 2.75) is 33.4 Å². The van der Waals surface area contributed by atoms with Gasteiger partial charge in [-0.05, 0) is 43.5 Å². The average Bonchev–Trinajstić information content (AvgIpc) is 2.25. The van der Waals surface area contributed by atoms with Crippen molar-refractivity contribution in [3.8, 4) is 0 Å². The van der Waals surface area contributed by atoms with Crippen molar-refractivity contribution in [2.75, 3.05) is 25.4 Å². The second-order valence-electron chi connectivity index (χ2n) is 5.23. The fourth-order valence-corrected chi connectivity index (χ4v) is 2.52. The lowest BCUT2D eigenvalue weighted by atomic mass is 10.0. The summed E-state index contributed by atoms with van der Waals surface area (Å²) in [6.45, 7) is 10.8. The van der Waals surface area contributed by atoms with Gasteiger partial charge in [0.15, 0.2) is 0 Å². The summed E-state index contributed by atoms with van der Waals surface area (Å²) in [4.78, 5) is 2.50. The van der Waals surface area contributed by atoms with Crippen LogP contribution in [0.1, 0.15) is 23.6 Å². The molecule has 0 bridgehead atoms. The van der Waals surface area contributed by atoms with Gasteiger partial charge in [0.25, 0.3) is 0 Å². The van der Waals surface area contributed by atoms with Crippen molar-refractivity contribution in [1.29, 1.82) is 0 Å². The molecule has 94 valence electrons. The molecule has 0 aliphatic carbocycles. The zero-order valence-electron chi connectivity index (χ0n) is 11.1. The number of nitrogens with two attached hydrogens (primary N) is 1. The Kier molecular flexibility index (Phi) is 3.69. The minimum atomic E-state index is 0.589. The summed E-state index contributed by atoms with van der Waals surface area (Å²) in [5, 5.41) is 3.47. The first kappa shape index (κ1) is 12.4. The van der Waals surface area contributed by atoms with Gasteiger partial charge in [-0.2, -0.15) is 0 Å². The van der Waals surface area contributed by atoms with Crippen LogP contribution in [0.2, 0.25) is 0 Å². The van der Waals surface area contributed by atoms with Gasteiger partial charge in [-0.25, -0.2) is 0 Å². The van der Waals surface area contributed by atoms with Gasteiger partial charge >= 0.3 is 0 Å². The number of rotatable bonds is 2. The van der Waals surface area contributed by atoms with Crippen LogP contribution in [0, 0.1) is 13.8 Å². The molecule has 3 heteroatoms. The van der Waals surface area contributed by atoms with E-state index in [4.69, 9.17) is 5.73 Å². The molecule has 0 radical (unpaired) electrons. The minimum absolute atomic E-state index is 0.589. The summed E-state index contributed by atoms with van der Waals surface area (Å²) in [6.07, 6.45) is 0. The summed E-state index contributed by atoms with van der Waals surface area (Å²) in [7, 11) is 0. The standard InChI is InChI=1S/C14H23N3/c1-10-6-13(12(3)14(15)7-10)9-17-5-4-16-11(2)8-17/h6-7,11,16H,4-5,8-9,15H2,1-3H3/t11-/m0/s1. The number of anilines is 1. The molecule has 1 fully saturated rings. The van der Waals surface area contributed by atoms with Crippen molar-refractivity contribution in [1.82, 2.24) is 10.2 Å². The van der Waals surface area contributed by atoms with Gasteiger partial charge in [-0.15, -0.1) is 0 Å². The van der Waals surface area contributed by atoms with Crippen LogP contribution in [-0.4, -0.2) is 30.6 Å². The largest absolute Gasteiger partial charge is 0.398 e. The van der Waals surface area contributed by atoms with E-state index in [0.29, 0.717) is 6.04 Å². The van der Waals surface area contributed by atoms with Gasteiger partial charge in [-0.1, -0.05) is 6.07 Å². The topological polar surface area (TPSA) is 41.3 Å². The van der Waals surface area contributed by atoms with Crippen molar-refractivity contribution in [3.63, 3.8) is 0 Å². The first-order valence-corrected chi connectivity index (χ1v) is 6.37. The van der Waals surface area contributed by atoms with E-state index >= 15 is 0 Å². The van der Waals surface area contributed by atoms with Gasteiger partial charge in [0, 0.05) is 37.9 Å². The highest BCUT2D eigenvalue weighted by molar-refractivity contribution is 5.52. The Labute approximate surface area is 104 Å². The maximum atomic E-state index is 6.02. The Morgan fingerprint density at radius 3 is 2.88 bits per heavy atom. The van der Waals surface area contributed by atoms with E-state index in [1.54, 1.807) is 0 Å². The summed E-state index contributed by atoms with van der Waals surface area (Å²) in [6, 6.07) is 4.91. The second kappa shape index (κ2) is 5.07. The highest BCUT2D eigenvalue weighted by atomic mass is 15.2. The summed E-state index contributed by atoms with van der Waals surface area (Å²) in [5.74, 6) is 0. The van der Waals surface area contributed by atoms with E-state index in [9.17, 15) is 0 Å². The SMILES string of the molecule is Cc1cc(N)c(C)c(CN2CCN[C@@H](C)C2)c1. The number of nitrogens with one attached hydrogen (secondary N) is 1. The lowest BCUT2D eigenvalue weighted by Gasteiger charge is -2.32. The average molecular weight is 233 g/mol. The molecule has 0 aromatic heterocycles. The van der Waals surface area contributed by atoms with Crippen LogP contribution in [0.5, 0.6) is 0 Å². The van der Waals surface area contributed by atoms with E-state index in [2.05, 4.69) is 43.1 Å². The molecule has 0 amide bonds. The van der Waals surface area contributed by atoms with Crippen LogP contribution in [0.15, 0.2) is 12.1 Å². The number of nitrogens with zero attached hydrogens (tertiary/aromatic N) is 1. The molecule has 0 spiro atoms. The molecule has 3 N–H and O–H groups in total. The highest BCUT2D eigenvalue weighted by Crippen LogP contribution is 2.20. The molecule has 1 aliphatic heterocycles. The fraction of sp³-hybridized carbons (Fsp3) is 0.571. The normalized spacial score (nSPS) is 21.7. The van der Waals surface area contributed by atoms with Gasteiger partial charge in [0.2, 0.25) is 0 Å². The third-order valence-corrected chi connectivity index (χ3v) is 3.55. The monoisotopic (exact) mass is 233 g/mol. The Morgan fingerprint density at radius 2 is 2.18 bits per heavy atom. The number of nitrogen functional groups attached to an aromatic ring is 1. The van der Waals surface area contributed by atoms with Crippen LogP contribution in [0.3, 0.4) is 0 Å². The van der Waals surface area contributed by atoms with E-state index in [1.165, 1.54) is 16.7 Å². The molecule has 17 heavy (non-hydrogen) atoms. The van der Waals surface area contributed by atoms with E-state index in [-0.39, 0.29) is 0 Å². The first-order chi connectivity index (χ1) is 8.06. The molecule has 3 nitrogen and oxygen atoms in total. The van der Waals surface area contributed by atoms with Crippen molar-refractivity contribution < 1.29 is 0 Å². The smallest absolute Gasteiger partial charge is 0.0349 e. The van der Waals surface area contributed by atoms with E-state index in [1.807, 2.05) is 0 Å². The lowest BCUT2D eigenvalue weighted by Crippen LogP contribution is -2.48. The molecule has 1 atom stereocenters. The lowest BCUT2D eigenvalue weighted by molar-refractivity contribution is 0.199. The van der Waals surface area contributed by atoms with Crippen LogP contribution in [-0.2, 0) is 6.54 Å². The van der Waals surface area contributed by atoms with Crippen molar-refractivity contribution in [3.05, 3.63) is 28.8 Å². The Balaban J connectivity index is 2.12. The predicted octanol–water partition coefficient (Wildman–Crippen LogP) is 1.68. The van der Waals surface area contributed by atoms with Crippen molar-refractivity contribution >= 4 is 5.69 Å². The zero-order chi connectivity index (χ0) is 12.4. The Bertz CT molecular complexity index is 401. The zero-order valence-corrected chi connectivity index (χ0v) is 11.1. The van der Waals surface area contributed by atoms with Gasteiger partial charge in [0.1, 0.15) is 0 Å². The molecule has 1 heterocycles. The third kappa shape index (κ3) is 2.99. The fourth-order valence-electron chi connectivity index (χ4n) is 2.52. The molecular formula is C14H23N3. The number of hydrogen-bond acceptors (Lipinski definition) is 3. The highest BCUT2D eigenvalue weighted by Gasteiger charge is 2.16. The number of aryl methyl sites for hydroxylation is 1. The minimum Gasteiger partial charge on any atom is -0.398 e. The van der Waals surface area contributed by atoms with E-state index in [0.717, 1.165) is 31.9 Å². The van der Waals surface area contributed by atoms with Gasteiger partial charge in [-0.3, -0.25) is 4.90 Å². The molecule has 1 saturated heterocycles. The molecule has 2 rings (SSSR count). The summed E-state index contributed by atoms with van der Waals surface area (Å²) >= 11 is 0. The molecule has 1 aromatic carbocycles. The van der Waals surface area contributed by atoms with Crippen LogP contribution in [0.25, 0.3) is 0 Å². The van der Waals surface area contributed by atoms with Crippen molar-refractivity contribution in [2.24, 2.45) is 0 Å². The quantitative estimate of drug-likeness (QED) is 0.764. The predicted molar refractivity (Wildman–Crippen MR) is 73.1 cm³/mol. The number of benzene rings is 1. The van der Waals surface area contributed by atoms with Crippen LogP contribution >= 0.6 is 0 Å². The summed E-state index contributed by atoms with van der Waals surface area (Å²) < 4.78 is 0. The van der Waals surface area contributed by atoms with Crippen LogP contribution in [0.4, 0.5) is 5.69 Å². The molecule has 0 unspecified atom stereocenters. The summed E-state index contributed by atoms with van der Waals surface area (Å²) in [5.41, 5.74) is 10.8. The number of hydrogen-bond donors (Lipinski definition) is 2. The molecule has 1 aliphatic rings. The van der Waals surface area contributed by atoms with Gasteiger partial charge in [0.05, 0.1) is 0 Å². The number of piperazine rings is 1. The molecular weight excluding hydrogens is 210 g/mol. The van der Waals surface area contributed by atoms with Crippen LogP contribution < -0.4 is 11.1 Å². The third-order valence-electron chi connectivity index (χ3n) is 3.55.